The zero-order valence-electron chi connectivity index (χ0n) is 17.2. The number of benzene rings is 2. The summed E-state index contributed by atoms with van der Waals surface area (Å²) in [5.74, 6) is 1.74. The molecule has 0 aliphatic carbocycles. The second-order valence-electron chi connectivity index (χ2n) is 7.19. The minimum atomic E-state index is -0.408. The van der Waals surface area contributed by atoms with Gasteiger partial charge in [-0.1, -0.05) is 19.1 Å². The molecule has 0 saturated heterocycles. The number of ether oxygens (including phenoxy) is 1. The molecular formula is C24H23FN2O2S. The third-order valence-corrected chi connectivity index (χ3v) is 6.19. The molecule has 1 aliphatic rings. The molecule has 0 N–H and O–H groups in total. The number of rotatable bonds is 5. The van der Waals surface area contributed by atoms with Crippen LogP contribution in [0.4, 0.5) is 4.39 Å². The second-order valence-corrected chi connectivity index (χ2v) is 8.47. The molecule has 0 radical (unpaired) electrons. The molecule has 0 unspecified atom stereocenters. The van der Waals surface area contributed by atoms with Crippen LogP contribution in [0.5, 0.6) is 5.75 Å². The van der Waals surface area contributed by atoms with Crippen LogP contribution in [-0.4, -0.2) is 23.1 Å². The van der Waals surface area contributed by atoms with Gasteiger partial charge in [0.15, 0.2) is 11.6 Å². The molecule has 1 aliphatic heterocycles. The van der Waals surface area contributed by atoms with Gasteiger partial charge in [0.25, 0.3) is 5.56 Å². The SMILES string of the molecule is CCSCc1ccc2c(c1)-c1cn(C)c(=O)cc1CN=C2c1ccc(F)c(OC)c1. The van der Waals surface area contributed by atoms with Crippen molar-refractivity contribution in [3.05, 3.63) is 87.1 Å². The highest BCUT2D eigenvalue weighted by Crippen LogP contribution is 2.34. The molecule has 3 aromatic rings. The zero-order chi connectivity index (χ0) is 21.3. The van der Waals surface area contributed by atoms with Gasteiger partial charge in [-0.05, 0) is 46.7 Å². The molecule has 0 bridgehead atoms. The van der Waals surface area contributed by atoms with E-state index in [1.54, 1.807) is 29.8 Å². The van der Waals surface area contributed by atoms with Gasteiger partial charge in [-0.3, -0.25) is 9.79 Å². The molecule has 0 spiro atoms. The number of methoxy groups -OCH3 is 1. The Morgan fingerprint density at radius 2 is 1.97 bits per heavy atom. The van der Waals surface area contributed by atoms with Crippen molar-refractivity contribution in [3.63, 3.8) is 0 Å². The maximum absolute atomic E-state index is 14.0. The Hall–Kier alpha value is -2.86. The van der Waals surface area contributed by atoms with E-state index in [1.807, 2.05) is 18.0 Å². The van der Waals surface area contributed by atoms with Crippen molar-refractivity contribution in [2.24, 2.45) is 12.0 Å². The first-order valence-electron chi connectivity index (χ1n) is 9.81. The summed E-state index contributed by atoms with van der Waals surface area (Å²) in [7, 11) is 3.21. The first-order chi connectivity index (χ1) is 14.5. The molecule has 1 aromatic heterocycles. The van der Waals surface area contributed by atoms with E-state index >= 15 is 0 Å². The van der Waals surface area contributed by atoms with Crippen molar-refractivity contribution in [2.75, 3.05) is 12.9 Å². The largest absolute Gasteiger partial charge is 0.494 e. The van der Waals surface area contributed by atoms with E-state index < -0.39 is 5.82 Å². The lowest BCUT2D eigenvalue weighted by molar-refractivity contribution is 0.386. The molecule has 0 amide bonds. The zero-order valence-corrected chi connectivity index (χ0v) is 18.1. The number of nitrogens with zero attached hydrogens (tertiary/aromatic N) is 2. The fraction of sp³-hybridized carbons (Fsp3) is 0.250. The first-order valence-corrected chi connectivity index (χ1v) is 11.0. The number of hydrogen-bond acceptors (Lipinski definition) is 4. The van der Waals surface area contributed by atoms with Crippen LogP contribution in [0.3, 0.4) is 0 Å². The van der Waals surface area contributed by atoms with Gasteiger partial charge in [0, 0.05) is 41.8 Å². The van der Waals surface area contributed by atoms with Crippen molar-refractivity contribution < 1.29 is 9.13 Å². The maximum atomic E-state index is 14.0. The topological polar surface area (TPSA) is 43.6 Å². The molecule has 2 heterocycles. The van der Waals surface area contributed by atoms with Gasteiger partial charge < -0.3 is 9.30 Å². The Kier molecular flexibility index (Phi) is 5.77. The molecule has 0 atom stereocenters. The van der Waals surface area contributed by atoms with Crippen molar-refractivity contribution in [3.8, 4) is 16.9 Å². The predicted molar refractivity (Wildman–Crippen MR) is 121 cm³/mol. The van der Waals surface area contributed by atoms with Crippen LogP contribution in [0.15, 0.2) is 58.4 Å². The monoisotopic (exact) mass is 422 g/mol. The highest BCUT2D eigenvalue weighted by molar-refractivity contribution is 7.98. The van der Waals surface area contributed by atoms with Gasteiger partial charge in [-0.15, -0.1) is 0 Å². The standard InChI is InChI=1S/C24H23FN2O2S/c1-4-30-14-15-5-7-18-19(9-15)20-13-27(2)23(28)11-17(20)12-26-24(18)16-6-8-21(25)22(10-16)29-3/h5-11,13H,4,12,14H2,1-3H3. The van der Waals surface area contributed by atoms with E-state index in [0.717, 1.165) is 45.0 Å². The summed E-state index contributed by atoms with van der Waals surface area (Å²) in [5, 5.41) is 0. The molecular weight excluding hydrogens is 399 g/mol. The quantitative estimate of drug-likeness (QED) is 0.593. The Morgan fingerprint density at radius 1 is 1.13 bits per heavy atom. The summed E-state index contributed by atoms with van der Waals surface area (Å²) >= 11 is 1.86. The molecule has 0 saturated carbocycles. The number of fused-ring (bicyclic) bond motifs is 3. The van der Waals surface area contributed by atoms with E-state index in [0.29, 0.717) is 6.54 Å². The molecule has 0 fully saturated rings. The Bertz CT molecular complexity index is 1200. The molecule has 6 heteroatoms. The molecule has 4 rings (SSSR count). The van der Waals surface area contributed by atoms with Gasteiger partial charge in [0.1, 0.15) is 0 Å². The summed E-state index contributed by atoms with van der Waals surface area (Å²) in [6, 6.07) is 12.8. The highest BCUT2D eigenvalue weighted by Gasteiger charge is 2.21. The van der Waals surface area contributed by atoms with Crippen LogP contribution < -0.4 is 10.3 Å². The summed E-state index contributed by atoms with van der Waals surface area (Å²) in [6.45, 7) is 2.53. The average Bonchev–Trinajstić information content (AvgIpc) is 2.90. The second kappa shape index (κ2) is 8.48. The summed E-state index contributed by atoms with van der Waals surface area (Å²) in [4.78, 5) is 17.1. The van der Waals surface area contributed by atoms with Gasteiger partial charge in [-0.25, -0.2) is 4.39 Å². The van der Waals surface area contributed by atoms with Crippen LogP contribution in [-0.2, 0) is 19.3 Å². The van der Waals surface area contributed by atoms with Crippen LogP contribution in [0.1, 0.15) is 29.2 Å². The van der Waals surface area contributed by atoms with Crippen molar-refractivity contribution in [1.29, 1.82) is 0 Å². The van der Waals surface area contributed by atoms with Crippen molar-refractivity contribution in [2.45, 2.75) is 19.2 Å². The molecule has 30 heavy (non-hydrogen) atoms. The van der Waals surface area contributed by atoms with Crippen LogP contribution in [0.25, 0.3) is 11.1 Å². The fourth-order valence-corrected chi connectivity index (χ4v) is 4.30. The van der Waals surface area contributed by atoms with Gasteiger partial charge >= 0.3 is 0 Å². The minimum Gasteiger partial charge on any atom is -0.494 e. The minimum absolute atomic E-state index is 0.0601. The first kappa shape index (κ1) is 20.4. The van der Waals surface area contributed by atoms with E-state index in [1.165, 1.54) is 18.7 Å². The molecule has 154 valence electrons. The lowest BCUT2D eigenvalue weighted by atomic mass is 9.91. The Labute approximate surface area is 179 Å². The Morgan fingerprint density at radius 3 is 2.73 bits per heavy atom. The number of aliphatic imine (C=N–C) groups is 1. The normalized spacial score (nSPS) is 12.6. The van der Waals surface area contributed by atoms with Gasteiger partial charge in [0.2, 0.25) is 0 Å². The molecule has 4 nitrogen and oxygen atoms in total. The van der Waals surface area contributed by atoms with Crippen molar-refractivity contribution in [1.82, 2.24) is 4.57 Å². The summed E-state index contributed by atoms with van der Waals surface area (Å²) < 4.78 is 20.8. The lowest BCUT2D eigenvalue weighted by Crippen LogP contribution is -2.16. The van der Waals surface area contributed by atoms with Crippen LogP contribution >= 0.6 is 11.8 Å². The number of aryl methyl sites for hydroxylation is 1. The van der Waals surface area contributed by atoms with E-state index in [9.17, 15) is 9.18 Å². The average molecular weight is 423 g/mol. The lowest BCUT2D eigenvalue weighted by Gasteiger charge is -2.15. The smallest absolute Gasteiger partial charge is 0.250 e. The Balaban J connectivity index is 1.93. The van der Waals surface area contributed by atoms with Gasteiger partial charge in [-0.2, -0.15) is 11.8 Å². The summed E-state index contributed by atoms with van der Waals surface area (Å²) in [5.41, 5.74) is 6.61. The van der Waals surface area contributed by atoms with E-state index in [4.69, 9.17) is 9.73 Å². The fourth-order valence-electron chi connectivity index (χ4n) is 3.68. The summed E-state index contributed by atoms with van der Waals surface area (Å²) in [6.07, 6.45) is 1.89. The predicted octanol–water partition coefficient (Wildman–Crippen LogP) is 4.80. The molecule has 2 aromatic carbocycles. The maximum Gasteiger partial charge on any atom is 0.250 e. The third kappa shape index (κ3) is 3.79. The third-order valence-electron chi connectivity index (χ3n) is 5.25. The van der Waals surface area contributed by atoms with Gasteiger partial charge in [0.05, 0.1) is 19.4 Å². The number of halogens is 1. The van der Waals surface area contributed by atoms with Crippen LogP contribution in [0, 0.1) is 5.82 Å². The highest BCUT2D eigenvalue weighted by atomic mass is 32.2. The van der Waals surface area contributed by atoms with Crippen molar-refractivity contribution >= 4 is 17.5 Å². The number of aromatic nitrogens is 1. The van der Waals surface area contributed by atoms with E-state index in [2.05, 4.69) is 25.1 Å². The number of pyridine rings is 1. The van der Waals surface area contributed by atoms with Crippen LogP contribution in [0.2, 0.25) is 0 Å². The number of thioether (sulfide) groups is 1. The van der Waals surface area contributed by atoms with E-state index in [-0.39, 0.29) is 11.3 Å². The number of hydrogen-bond donors (Lipinski definition) is 0.